The van der Waals surface area contributed by atoms with Crippen molar-refractivity contribution in [2.45, 2.75) is 6.10 Å². The summed E-state index contributed by atoms with van der Waals surface area (Å²) >= 11 is 0. The molecule has 0 spiro atoms. The zero-order valence-corrected chi connectivity index (χ0v) is 9.48. The summed E-state index contributed by atoms with van der Waals surface area (Å²) in [5.74, 6) is -1.02. The Bertz CT molecular complexity index is 476. The molecule has 7 nitrogen and oxygen atoms in total. The highest BCUT2D eigenvalue weighted by atomic mass is 16.6. The molecule has 1 aromatic carbocycles. The van der Waals surface area contributed by atoms with Crippen molar-refractivity contribution in [3.8, 4) is 0 Å². The highest BCUT2D eigenvalue weighted by Crippen LogP contribution is 2.22. The second-order valence-corrected chi connectivity index (χ2v) is 3.92. The first-order valence-corrected chi connectivity index (χ1v) is 5.42. The summed E-state index contributed by atoms with van der Waals surface area (Å²) < 4.78 is 5.09. The number of carbonyl (C=O) groups is 1. The van der Waals surface area contributed by atoms with Gasteiger partial charge in [0.05, 0.1) is 18.1 Å². The largest absolute Gasteiger partial charge is 0.479 e. The van der Waals surface area contributed by atoms with E-state index in [9.17, 15) is 14.9 Å². The Kier molecular flexibility index (Phi) is 3.42. The van der Waals surface area contributed by atoms with Gasteiger partial charge < -0.3 is 14.7 Å². The molecule has 2 rings (SSSR count). The molecule has 1 saturated heterocycles. The van der Waals surface area contributed by atoms with Crippen LogP contribution in [0.4, 0.5) is 11.4 Å². The minimum Gasteiger partial charge on any atom is -0.479 e. The van der Waals surface area contributed by atoms with Crippen LogP contribution >= 0.6 is 0 Å². The van der Waals surface area contributed by atoms with Crippen LogP contribution in [0.15, 0.2) is 24.3 Å². The smallest absolute Gasteiger partial charge is 0.334 e. The standard InChI is InChI=1S/C11H12N2O5/c14-11(15)10-7-12(4-5-18-10)8-2-1-3-9(6-8)13(16)17/h1-3,6,10H,4-5,7H2,(H,14,15). The predicted molar refractivity (Wildman–Crippen MR) is 62.7 cm³/mol. The van der Waals surface area contributed by atoms with Crippen LogP contribution in [-0.4, -0.2) is 41.8 Å². The van der Waals surface area contributed by atoms with Gasteiger partial charge >= 0.3 is 5.97 Å². The molecular weight excluding hydrogens is 240 g/mol. The van der Waals surface area contributed by atoms with E-state index in [1.807, 2.05) is 0 Å². The van der Waals surface area contributed by atoms with E-state index in [0.717, 1.165) is 0 Å². The molecule has 0 amide bonds. The van der Waals surface area contributed by atoms with Crippen molar-refractivity contribution in [1.82, 2.24) is 0 Å². The maximum absolute atomic E-state index is 10.8. The number of carboxylic acid groups (broad SMARTS) is 1. The van der Waals surface area contributed by atoms with Gasteiger partial charge in [-0.15, -0.1) is 0 Å². The molecule has 1 aliphatic rings. The third kappa shape index (κ3) is 2.57. The van der Waals surface area contributed by atoms with Crippen LogP contribution in [0.1, 0.15) is 0 Å². The number of hydrogen-bond acceptors (Lipinski definition) is 5. The minimum atomic E-state index is -1.02. The van der Waals surface area contributed by atoms with Crippen LogP contribution in [0.5, 0.6) is 0 Å². The highest BCUT2D eigenvalue weighted by molar-refractivity contribution is 5.73. The zero-order chi connectivity index (χ0) is 13.1. The number of rotatable bonds is 3. The molecule has 7 heteroatoms. The first-order chi connectivity index (χ1) is 8.58. The van der Waals surface area contributed by atoms with E-state index in [2.05, 4.69) is 0 Å². The van der Waals surface area contributed by atoms with Gasteiger partial charge in [-0.1, -0.05) is 6.07 Å². The van der Waals surface area contributed by atoms with Crippen molar-refractivity contribution in [3.63, 3.8) is 0 Å². The fraction of sp³-hybridized carbons (Fsp3) is 0.364. The molecule has 18 heavy (non-hydrogen) atoms. The number of morpholine rings is 1. The molecule has 1 atom stereocenters. The Morgan fingerprint density at radius 2 is 2.33 bits per heavy atom. The van der Waals surface area contributed by atoms with Gasteiger partial charge in [-0.25, -0.2) is 4.79 Å². The van der Waals surface area contributed by atoms with E-state index in [1.165, 1.54) is 12.1 Å². The molecule has 1 unspecified atom stereocenters. The Morgan fingerprint density at radius 3 is 3.00 bits per heavy atom. The quantitative estimate of drug-likeness (QED) is 0.634. The van der Waals surface area contributed by atoms with Crippen LogP contribution in [0.2, 0.25) is 0 Å². The van der Waals surface area contributed by atoms with E-state index < -0.39 is 17.0 Å². The third-order valence-electron chi connectivity index (χ3n) is 2.75. The van der Waals surface area contributed by atoms with E-state index in [0.29, 0.717) is 18.8 Å². The first kappa shape index (κ1) is 12.3. The number of anilines is 1. The zero-order valence-electron chi connectivity index (χ0n) is 9.48. The molecule has 0 aliphatic carbocycles. The van der Waals surface area contributed by atoms with Gasteiger partial charge in [-0.05, 0) is 6.07 Å². The summed E-state index contributed by atoms with van der Waals surface area (Å²) in [6.45, 7) is 1.00. The molecule has 0 saturated carbocycles. The maximum atomic E-state index is 10.8. The lowest BCUT2D eigenvalue weighted by Crippen LogP contribution is -2.46. The average molecular weight is 252 g/mol. The monoisotopic (exact) mass is 252 g/mol. The number of nitro benzene ring substituents is 1. The number of nitrogens with zero attached hydrogens (tertiary/aromatic N) is 2. The predicted octanol–water partition coefficient (Wildman–Crippen LogP) is 0.885. The number of nitro groups is 1. The van der Waals surface area contributed by atoms with E-state index in [4.69, 9.17) is 9.84 Å². The number of carboxylic acids is 1. The van der Waals surface area contributed by atoms with Crippen LogP contribution in [0, 0.1) is 10.1 Å². The van der Waals surface area contributed by atoms with Crippen molar-refractivity contribution < 1.29 is 19.6 Å². The molecule has 0 bridgehead atoms. The lowest BCUT2D eigenvalue weighted by Gasteiger charge is -2.32. The lowest BCUT2D eigenvalue weighted by molar-refractivity contribution is -0.384. The van der Waals surface area contributed by atoms with E-state index in [-0.39, 0.29) is 12.2 Å². The number of non-ortho nitro benzene ring substituents is 1. The highest BCUT2D eigenvalue weighted by Gasteiger charge is 2.26. The second-order valence-electron chi connectivity index (χ2n) is 3.92. The third-order valence-corrected chi connectivity index (χ3v) is 2.75. The van der Waals surface area contributed by atoms with Crippen molar-refractivity contribution in [2.75, 3.05) is 24.6 Å². The topological polar surface area (TPSA) is 92.9 Å². The molecule has 1 aromatic rings. The van der Waals surface area contributed by atoms with E-state index in [1.54, 1.807) is 17.0 Å². The van der Waals surface area contributed by atoms with Gasteiger partial charge in [0.15, 0.2) is 6.10 Å². The fourth-order valence-electron chi connectivity index (χ4n) is 1.84. The van der Waals surface area contributed by atoms with Crippen molar-refractivity contribution in [1.29, 1.82) is 0 Å². The summed E-state index contributed by atoms with van der Waals surface area (Å²) in [5.41, 5.74) is 0.629. The minimum absolute atomic E-state index is 0.00846. The maximum Gasteiger partial charge on any atom is 0.334 e. The lowest BCUT2D eigenvalue weighted by atomic mass is 10.2. The van der Waals surface area contributed by atoms with Gasteiger partial charge in [0.1, 0.15) is 0 Å². The number of ether oxygens (including phenoxy) is 1. The Labute approximate surface area is 103 Å². The van der Waals surface area contributed by atoms with Crippen LogP contribution in [0.3, 0.4) is 0 Å². The molecule has 0 radical (unpaired) electrons. The van der Waals surface area contributed by atoms with E-state index >= 15 is 0 Å². The molecule has 1 aliphatic heterocycles. The molecule has 0 aromatic heterocycles. The van der Waals surface area contributed by atoms with Crippen molar-refractivity contribution >= 4 is 17.3 Å². The molecule has 1 N–H and O–H groups in total. The average Bonchev–Trinajstić information content (AvgIpc) is 2.39. The molecule has 1 fully saturated rings. The fourth-order valence-corrected chi connectivity index (χ4v) is 1.84. The van der Waals surface area contributed by atoms with Gasteiger partial charge in [0, 0.05) is 24.4 Å². The molecule has 1 heterocycles. The van der Waals surface area contributed by atoms with Gasteiger partial charge in [-0.3, -0.25) is 10.1 Å². The second kappa shape index (κ2) is 5.01. The van der Waals surface area contributed by atoms with Gasteiger partial charge in [0.2, 0.25) is 0 Å². The normalized spacial score (nSPS) is 19.6. The number of aliphatic carboxylic acids is 1. The summed E-state index contributed by atoms with van der Waals surface area (Å²) in [6, 6.07) is 6.14. The summed E-state index contributed by atoms with van der Waals surface area (Å²) in [7, 11) is 0. The summed E-state index contributed by atoms with van der Waals surface area (Å²) in [5, 5.41) is 19.6. The number of benzene rings is 1. The first-order valence-electron chi connectivity index (χ1n) is 5.42. The van der Waals surface area contributed by atoms with Gasteiger partial charge in [0.25, 0.3) is 5.69 Å². The summed E-state index contributed by atoms with van der Waals surface area (Å²) in [6.07, 6.45) is -0.891. The summed E-state index contributed by atoms with van der Waals surface area (Å²) in [4.78, 5) is 22.8. The van der Waals surface area contributed by atoms with Crippen LogP contribution in [0.25, 0.3) is 0 Å². The Balaban J connectivity index is 2.18. The van der Waals surface area contributed by atoms with Crippen LogP contribution < -0.4 is 4.90 Å². The molecule has 96 valence electrons. The Hall–Kier alpha value is -2.15. The SMILES string of the molecule is O=C(O)C1CN(c2cccc([N+](=O)[O-])c2)CCO1. The number of hydrogen-bond donors (Lipinski definition) is 1. The van der Waals surface area contributed by atoms with Gasteiger partial charge in [-0.2, -0.15) is 0 Å². The Morgan fingerprint density at radius 1 is 1.56 bits per heavy atom. The van der Waals surface area contributed by atoms with Crippen molar-refractivity contribution in [3.05, 3.63) is 34.4 Å². The van der Waals surface area contributed by atoms with Crippen LogP contribution in [-0.2, 0) is 9.53 Å². The molecular formula is C11H12N2O5. The van der Waals surface area contributed by atoms with Crippen molar-refractivity contribution in [2.24, 2.45) is 0 Å².